The lowest BCUT2D eigenvalue weighted by Crippen LogP contribution is -2.38. The van der Waals surface area contributed by atoms with Crippen LogP contribution in [0.5, 0.6) is 0 Å². The van der Waals surface area contributed by atoms with Crippen molar-refractivity contribution in [1.82, 2.24) is 5.32 Å². The van der Waals surface area contributed by atoms with Crippen molar-refractivity contribution in [2.45, 2.75) is 12.5 Å². The number of non-ortho nitro benzene ring substituents is 1. The van der Waals surface area contributed by atoms with Crippen LogP contribution in [0.25, 0.3) is 11.3 Å². The van der Waals surface area contributed by atoms with Crippen LogP contribution in [0.1, 0.15) is 17.0 Å². The number of rotatable bonds is 6. The van der Waals surface area contributed by atoms with Crippen molar-refractivity contribution in [3.8, 4) is 11.3 Å². The Hall–Kier alpha value is -3.21. The molecule has 28 heavy (non-hydrogen) atoms. The zero-order chi connectivity index (χ0) is 20.3. The third-order valence-corrected chi connectivity index (χ3v) is 5.87. The van der Waals surface area contributed by atoms with E-state index in [0.717, 1.165) is 0 Å². The van der Waals surface area contributed by atoms with Gasteiger partial charge < -0.3 is 14.5 Å². The quantitative estimate of drug-likeness (QED) is 0.428. The average molecular weight is 408 g/mol. The number of hydrogen-bond acceptors (Lipinski definition) is 8. The third-order valence-electron chi connectivity index (χ3n) is 4.10. The molecule has 3 rings (SSSR count). The summed E-state index contributed by atoms with van der Waals surface area (Å²) in [5, 5.41) is 13.2. The molecule has 1 aliphatic heterocycles. The van der Waals surface area contributed by atoms with Gasteiger partial charge in [0.1, 0.15) is 5.76 Å². The van der Waals surface area contributed by atoms with Gasteiger partial charge in [-0.15, -0.1) is 0 Å². The van der Waals surface area contributed by atoms with Crippen LogP contribution < -0.4 is 5.32 Å². The highest BCUT2D eigenvalue weighted by Crippen LogP contribution is 2.24. The summed E-state index contributed by atoms with van der Waals surface area (Å²) in [5.41, 5.74) is 0.459. The van der Waals surface area contributed by atoms with Gasteiger partial charge in [0.2, 0.25) is 5.76 Å². The molecule has 1 aromatic carbocycles. The fourth-order valence-electron chi connectivity index (χ4n) is 2.73. The van der Waals surface area contributed by atoms with Crippen molar-refractivity contribution in [2.24, 2.45) is 0 Å². The van der Waals surface area contributed by atoms with E-state index in [1.165, 1.54) is 36.4 Å². The second kappa shape index (κ2) is 7.80. The van der Waals surface area contributed by atoms with Gasteiger partial charge in [-0.05, 0) is 30.7 Å². The largest absolute Gasteiger partial charge is 0.450 e. The second-order valence-electron chi connectivity index (χ2n) is 6.21. The topological polar surface area (TPSA) is 146 Å². The van der Waals surface area contributed by atoms with Gasteiger partial charge in [0, 0.05) is 23.7 Å². The molecule has 0 aliphatic carbocycles. The van der Waals surface area contributed by atoms with Crippen molar-refractivity contribution in [1.29, 1.82) is 0 Å². The number of nitro groups is 1. The van der Waals surface area contributed by atoms with Crippen molar-refractivity contribution in [3.63, 3.8) is 0 Å². The predicted molar refractivity (Wildman–Crippen MR) is 96.3 cm³/mol. The van der Waals surface area contributed by atoms with E-state index in [9.17, 15) is 28.1 Å². The Morgan fingerprint density at radius 1 is 1.21 bits per heavy atom. The van der Waals surface area contributed by atoms with Gasteiger partial charge in [0.25, 0.3) is 11.6 Å². The van der Waals surface area contributed by atoms with E-state index in [1.54, 1.807) is 0 Å². The molecule has 1 amide bonds. The van der Waals surface area contributed by atoms with Gasteiger partial charge in [-0.1, -0.05) is 0 Å². The van der Waals surface area contributed by atoms with Crippen LogP contribution >= 0.6 is 0 Å². The van der Waals surface area contributed by atoms with Gasteiger partial charge in [-0.2, -0.15) is 0 Å². The molecule has 1 aromatic heterocycles. The number of amides is 1. The number of ether oxygens (including phenoxy) is 1. The normalized spacial score (nSPS) is 17.8. The smallest absolute Gasteiger partial charge is 0.374 e. The molecular weight excluding hydrogens is 392 g/mol. The minimum absolute atomic E-state index is 0.0234. The summed E-state index contributed by atoms with van der Waals surface area (Å²) in [7, 11) is -3.12. The van der Waals surface area contributed by atoms with Crippen molar-refractivity contribution in [3.05, 3.63) is 52.3 Å². The molecule has 1 fully saturated rings. The maximum absolute atomic E-state index is 12.0. The minimum atomic E-state index is -3.12. The first-order valence-electron chi connectivity index (χ1n) is 8.25. The predicted octanol–water partition coefficient (Wildman–Crippen LogP) is 1.31. The molecular formula is C17H16N2O8S. The van der Waals surface area contributed by atoms with Gasteiger partial charge in [-0.25, -0.2) is 13.2 Å². The number of carbonyl (C=O) groups excluding carboxylic acids is 2. The highest BCUT2D eigenvalue weighted by Gasteiger charge is 2.29. The summed E-state index contributed by atoms with van der Waals surface area (Å²) in [4.78, 5) is 33.9. The molecule has 11 heteroatoms. The van der Waals surface area contributed by atoms with E-state index in [1.807, 2.05) is 0 Å². The maximum atomic E-state index is 12.0. The lowest BCUT2D eigenvalue weighted by Gasteiger charge is -2.10. The lowest BCUT2D eigenvalue weighted by atomic mass is 10.1. The highest BCUT2D eigenvalue weighted by molar-refractivity contribution is 7.91. The van der Waals surface area contributed by atoms with E-state index in [2.05, 4.69) is 5.32 Å². The van der Waals surface area contributed by atoms with Crippen LogP contribution in [0.2, 0.25) is 0 Å². The van der Waals surface area contributed by atoms with Gasteiger partial charge in [0.15, 0.2) is 16.4 Å². The van der Waals surface area contributed by atoms with Crippen LogP contribution in [0, 0.1) is 10.1 Å². The van der Waals surface area contributed by atoms with E-state index >= 15 is 0 Å². The van der Waals surface area contributed by atoms with Gasteiger partial charge in [0.05, 0.1) is 16.4 Å². The Balaban J connectivity index is 1.54. The molecule has 0 radical (unpaired) electrons. The number of nitrogens with one attached hydrogen (secondary N) is 1. The number of sulfone groups is 1. The summed E-state index contributed by atoms with van der Waals surface area (Å²) >= 11 is 0. The Morgan fingerprint density at radius 2 is 1.93 bits per heavy atom. The van der Waals surface area contributed by atoms with Crippen LogP contribution in [-0.2, 0) is 19.4 Å². The van der Waals surface area contributed by atoms with E-state index in [4.69, 9.17) is 9.15 Å². The molecule has 1 aliphatic rings. The van der Waals surface area contributed by atoms with Crippen LogP contribution in [0.3, 0.4) is 0 Å². The molecule has 0 spiro atoms. The van der Waals surface area contributed by atoms with Crippen molar-refractivity contribution in [2.75, 3.05) is 18.1 Å². The van der Waals surface area contributed by atoms with E-state index in [0.29, 0.717) is 17.7 Å². The summed E-state index contributed by atoms with van der Waals surface area (Å²) in [6.07, 6.45) is 0.332. The Morgan fingerprint density at radius 3 is 2.54 bits per heavy atom. The first-order valence-corrected chi connectivity index (χ1v) is 10.1. The first-order chi connectivity index (χ1) is 13.2. The van der Waals surface area contributed by atoms with Crippen molar-refractivity contribution < 1.29 is 32.1 Å². The van der Waals surface area contributed by atoms with Crippen LogP contribution in [0.4, 0.5) is 5.69 Å². The molecule has 2 heterocycles. The van der Waals surface area contributed by atoms with Crippen LogP contribution in [0.15, 0.2) is 40.8 Å². The zero-order valence-corrected chi connectivity index (χ0v) is 15.3. The van der Waals surface area contributed by atoms with Crippen molar-refractivity contribution >= 4 is 27.4 Å². The molecule has 2 aromatic rings. The summed E-state index contributed by atoms with van der Waals surface area (Å²) in [6.45, 7) is -0.567. The fourth-order valence-corrected chi connectivity index (χ4v) is 4.40. The molecule has 0 saturated carbocycles. The second-order valence-corrected chi connectivity index (χ2v) is 8.44. The SMILES string of the molecule is O=C(COC(=O)c1ccc(-c2ccc([N+](=O)[O-])cc2)o1)N[C@H]1CCS(=O)(=O)C1. The zero-order valence-electron chi connectivity index (χ0n) is 14.5. The monoisotopic (exact) mass is 408 g/mol. The molecule has 1 N–H and O–H groups in total. The number of nitro benzene ring substituents is 1. The molecule has 148 valence electrons. The first kappa shape index (κ1) is 19.5. The van der Waals surface area contributed by atoms with Gasteiger partial charge in [-0.3, -0.25) is 14.9 Å². The average Bonchev–Trinajstić information content (AvgIpc) is 3.26. The minimum Gasteiger partial charge on any atom is -0.450 e. The molecule has 0 unspecified atom stereocenters. The number of hydrogen-bond donors (Lipinski definition) is 1. The maximum Gasteiger partial charge on any atom is 0.374 e. The number of esters is 1. The highest BCUT2D eigenvalue weighted by atomic mass is 32.2. The summed E-state index contributed by atoms with van der Waals surface area (Å²) in [6, 6.07) is 7.97. The van der Waals surface area contributed by atoms with Gasteiger partial charge >= 0.3 is 5.97 Å². The number of nitrogens with zero attached hydrogens (tertiary/aromatic N) is 1. The number of benzene rings is 1. The molecule has 1 saturated heterocycles. The fraction of sp³-hybridized carbons (Fsp3) is 0.294. The molecule has 10 nitrogen and oxygen atoms in total. The Bertz CT molecular complexity index is 1010. The molecule has 1 atom stereocenters. The summed E-state index contributed by atoms with van der Waals surface area (Å²) < 4.78 is 33.0. The third kappa shape index (κ3) is 4.74. The Kier molecular flexibility index (Phi) is 5.45. The lowest BCUT2D eigenvalue weighted by molar-refractivity contribution is -0.384. The van der Waals surface area contributed by atoms with Crippen LogP contribution in [-0.4, -0.2) is 49.4 Å². The number of furan rings is 1. The Labute approximate surface area is 159 Å². The standard InChI is InChI=1S/C17H16N2O8S/c20-16(18-12-7-8-28(24,25)10-12)9-26-17(21)15-6-5-14(27-15)11-1-3-13(4-2-11)19(22)23/h1-6,12H,7-10H2,(H,18,20)/t12-/m0/s1. The number of carbonyl (C=O) groups is 2. The van der Waals surface area contributed by atoms with E-state index in [-0.39, 0.29) is 23.0 Å². The molecule has 0 bridgehead atoms. The van der Waals surface area contributed by atoms with E-state index < -0.39 is 39.3 Å². The summed E-state index contributed by atoms with van der Waals surface area (Å²) in [5.74, 6) is -1.38.